The summed E-state index contributed by atoms with van der Waals surface area (Å²) in [7, 11) is 0. The van der Waals surface area contributed by atoms with Crippen molar-refractivity contribution in [2.24, 2.45) is 11.8 Å². The Bertz CT molecular complexity index is 398. The number of ether oxygens (including phenoxy) is 3. The summed E-state index contributed by atoms with van der Waals surface area (Å²) < 4.78 is 18.4. The highest BCUT2D eigenvalue weighted by Gasteiger charge is 2.44. The van der Waals surface area contributed by atoms with E-state index in [0.29, 0.717) is 12.1 Å². The molecule has 0 bridgehead atoms. The molecule has 2 atom stereocenters. The second kappa shape index (κ2) is 8.69. The van der Waals surface area contributed by atoms with Crippen molar-refractivity contribution >= 4 is 0 Å². The van der Waals surface area contributed by atoms with E-state index >= 15 is 0 Å². The van der Waals surface area contributed by atoms with Crippen molar-refractivity contribution < 1.29 is 14.2 Å². The quantitative estimate of drug-likeness (QED) is 0.685. The van der Waals surface area contributed by atoms with Crippen molar-refractivity contribution in [3.8, 4) is 0 Å². The van der Waals surface area contributed by atoms with Crippen molar-refractivity contribution in [2.75, 3.05) is 26.3 Å². The van der Waals surface area contributed by atoms with E-state index < -0.39 is 0 Å². The Morgan fingerprint density at radius 1 is 1.04 bits per heavy atom. The van der Waals surface area contributed by atoms with Crippen LogP contribution in [0.5, 0.6) is 0 Å². The minimum atomic E-state index is -0.257. The Balaban J connectivity index is 1.43. The molecule has 3 aliphatic rings. The molecule has 2 saturated heterocycles. The summed E-state index contributed by atoms with van der Waals surface area (Å²) in [5, 5.41) is 0. The van der Waals surface area contributed by atoms with Crippen LogP contribution in [0.1, 0.15) is 72.6 Å². The first-order valence-electron chi connectivity index (χ1n) is 10.6. The highest BCUT2D eigenvalue weighted by atomic mass is 16.7. The molecule has 25 heavy (non-hydrogen) atoms. The molecular formula is C21H39NO3. The molecule has 4 nitrogen and oxygen atoms in total. The molecule has 4 heteroatoms. The van der Waals surface area contributed by atoms with Gasteiger partial charge in [0, 0.05) is 38.6 Å². The first kappa shape index (κ1) is 19.6. The third-order valence-corrected chi connectivity index (χ3v) is 6.58. The third-order valence-electron chi connectivity index (χ3n) is 6.58. The molecule has 0 aromatic rings. The zero-order valence-electron chi connectivity index (χ0n) is 16.8. The average molecular weight is 354 g/mol. The van der Waals surface area contributed by atoms with Gasteiger partial charge in [0.15, 0.2) is 5.79 Å². The van der Waals surface area contributed by atoms with E-state index in [1.54, 1.807) is 0 Å². The van der Waals surface area contributed by atoms with Gasteiger partial charge in [0.2, 0.25) is 0 Å². The Morgan fingerprint density at radius 3 is 2.40 bits per heavy atom. The molecule has 3 fully saturated rings. The van der Waals surface area contributed by atoms with Crippen molar-refractivity contribution in [3.05, 3.63) is 0 Å². The zero-order valence-corrected chi connectivity index (χ0v) is 16.8. The molecule has 1 aliphatic carbocycles. The van der Waals surface area contributed by atoms with Gasteiger partial charge in [-0.25, -0.2) is 0 Å². The second-order valence-electron chi connectivity index (χ2n) is 9.06. The molecule has 2 heterocycles. The normalized spacial score (nSPS) is 36.4. The van der Waals surface area contributed by atoms with Gasteiger partial charge in [-0.05, 0) is 57.8 Å². The smallest absolute Gasteiger partial charge is 0.168 e. The van der Waals surface area contributed by atoms with Gasteiger partial charge in [0.1, 0.15) is 0 Å². The molecule has 3 rings (SSSR count). The summed E-state index contributed by atoms with van der Waals surface area (Å²) in [5.41, 5.74) is 0. The van der Waals surface area contributed by atoms with Crippen LogP contribution in [0.3, 0.4) is 0 Å². The van der Waals surface area contributed by atoms with Gasteiger partial charge < -0.3 is 14.2 Å². The molecule has 0 radical (unpaired) electrons. The van der Waals surface area contributed by atoms with Crippen molar-refractivity contribution in [1.29, 1.82) is 0 Å². The van der Waals surface area contributed by atoms with Gasteiger partial charge in [0.05, 0.1) is 18.8 Å². The first-order valence-corrected chi connectivity index (χ1v) is 10.6. The summed E-state index contributed by atoms with van der Waals surface area (Å²) in [6.07, 6.45) is 8.86. The summed E-state index contributed by atoms with van der Waals surface area (Å²) >= 11 is 0. The Morgan fingerprint density at radius 2 is 1.80 bits per heavy atom. The van der Waals surface area contributed by atoms with Gasteiger partial charge in [-0.3, -0.25) is 4.90 Å². The van der Waals surface area contributed by atoms with Crippen molar-refractivity contribution in [2.45, 2.75) is 96.7 Å². The van der Waals surface area contributed by atoms with Crippen LogP contribution in [0.25, 0.3) is 0 Å². The van der Waals surface area contributed by atoms with E-state index in [0.717, 1.165) is 57.4 Å². The van der Waals surface area contributed by atoms with Gasteiger partial charge in [-0.2, -0.15) is 0 Å². The highest BCUT2D eigenvalue weighted by Crippen LogP contribution is 2.42. The molecule has 0 N–H and O–H groups in total. The molecule has 1 spiro atoms. The van der Waals surface area contributed by atoms with Crippen LogP contribution in [-0.4, -0.2) is 55.2 Å². The Labute approximate surface area is 154 Å². The molecule has 2 aliphatic heterocycles. The van der Waals surface area contributed by atoms with E-state index in [-0.39, 0.29) is 11.9 Å². The summed E-state index contributed by atoms with van der Waals surface area (Å²) in [4.78, 5) is 2.56. The lowest BCUT2D eigenvalue weighted by Gasteiger charge is -2.37. The number of hydrogen-bond acceptors (Lipinski definition) is 4. The van der Waals surface area contributed by atoms with Gasteiger partial charge in [-0.1, -0.05) is 13.8 Å². The fraction of sp³-hybridized carbons (Fsp3) is 1.00. The number of rotatable bonds is 7. The molecule has 0 amide bonds. The molecule has 0 aromatic heterocycles. The lowest BCUT2D eigenvalue weighted by atomic mass is 9.79. The van der Waals surface area contributed by atoms with E-state index in [9.17, 15) is 0 Å². The lowest BCUT2D eigenvalue weighted by molar-refractivity contribution is -0.194. The monoisotopic (exact) mass is 353 g/mol. The van der Waals surface area contributed by atoms with Crippen LogP contribution in [0, 0.1) is 11.8 Å². The second-order valence-corrected chi connectivity index (χ2v) is 9.06. The minimum absolute atomic E-state index is 0.257. The van der Waals surface area contributed by atoms with E-state index in [4.69, 9.17) is 14.2 Å². The van der Waals surface area contributed by atoms with E-state index in [1.165, 1.54) is 25.7 Å². The first-order chi connectivity index (χ1) is 12.0. The Kier molecular flexibility index (Phi) is 6.81. The van der Waals surface area contributed by atoms with E-state index in [1.807, 2.05) is 0 Å². The standard InChI is InChI=1S/C21H39NO3/c1-16(2)18-7-10-21(11-8-18)24-15-20(25-21)9-12-22(17(3)4)14-19-6-5-13-23-19/h16-20H,5-15H2,1-4H3. The van der Waals surface area contributed by atoms with Crippen LogP contribution in [0.15, 0.2) is 0 Å². The molecule has 0 aromatic carbocycles. The van der Waals surface area contributed by atoms with Crippen LogP contribution in [0.2, 0.25) is 0 Å². The predicted molar refractivity (Wildman–Crippen MR) is 101 cm³/mol. The lowest BCUT2D eigenvalue weighted by Crippen LogP contribution is -2.40. The van der Waals surface area contributed by atoms with Crippen LogP contribution < -0.4 is 0 Å². The van der Waals surface area contributed by atoms with Gasteiger partial charge in [-0.15, -0.1) is 0 Å². The maximum Gasteiger partial charge on any atom is 0.168 e. The Hall–Kier alpha value is -0.160. The topological polar surface area (TPSA) is 30.9 Å². The van der Waals surface area contributed by atoms with Crippen molar-refractivity contribution in [1.82, 2.24) is 4.90 Å². The average Bonchev–Trinajstić information content (AvgIpc) is 3.22. The van der Waals surface area contributed by atoms with E-state index in [2.05, 4.69) is 32.6 Å². The molecule has 1 saturated carbocycles. The van der Waals surface area contributed by atoms with Gasteiger partial charge >= 0.3 is 0 Å². The SMILES string of the molecule is CC(C)C1CCC2(CC1)OCC(CCN(CC1CCCO1)C(C)C)O2. The molecule has 2 unspecified atom stereocenters. The predicted octanol–water partition coefficient (Wildman–Crippen LogP) is 4.22. The molecule has 146 valence electrons. The van der Waals surface area contributed by atoms with Crippen LogP contribution in [-0.2, 0) is 14.2 Å². The van der Waals surface area contributed by atoms with Crippen molar-refractivity contribution in [3.63, 3.8) is 0 Å². The number of nitrogens with zero attached hydrogens (tertiary/aromatic N) is 1. The third kappa shape index (κ3) is 5.18. The fourth-order valence-corrected chi connectivity index (χ4v) is 4.69. The minimum Gasteiger partial charge on any atom is -0.377 e. The maximum absolute atomic E-state index is 6.44. The fourth-order valence-electron chi connectivity index (χ4n) is 4.69. The maximum atomic E-state index is 6.44. The van der Waals surface area contributed by atoms with Gasteiger partial charge in [0.25, 0.3) is 0 Å². The van der Waals surface area contributed by atoms with Crippen LogP contribution >= 0.6 is 0 Å². The summed E-state index contributed by atoms with van der Waals surface area (Å²) in [5.74, 6) is 1.37. The largest absolute Gasteiger partial charge is 0.377 e. The molecular weight excluding hydrogens is 314 g/mol. The summed E-state index contributed by atoms with van der Waals surface area (Å²) in [6, 6.07) is 0.557. The highest BCUT2D eigenvalue weighted by molar-refractivity contribution is 4.86. The number of hydrogen-bond donors (Lipinski definition) is 0. The van der Waals surface area contributed by atoms with Crippen LogP contribution in [0.4, 0.5) is 0 Å². The summed E-state index contributed by atoms with van der Waals surface area (Å²) in [6.45, 7) is 13.1. The zero-order chi connectivity index (χ0) is 17.9.